The van der Waals surface area contributed by atoms with Gasteiger partial charge in [-0.3, -0.25) is 4.79 Å². The maximum Gasteiger partial charge on any atom is 0.326 e. The molecule has 0 spiro atoms. The molecule has 50 heavy (non-hydrogen) atoms. The molecule has 8 heteroatoms. The second-order valence-corrected chi connectivity index (χ2v) is 13.9. The van der Waals surface area contributed by atoms with Gasteiger partial charge in [0.1, 0.15) is 11.6 Å². The summed E-state index contributed by atoms with van der Waals surface area (Å²) in [7, 11) is 0. The number of carbonyl (C=O) groups is 2. The Kier molecular flexibility index (Phi) is 11.5. The fourth-order valence-corrected chi connectivity index (χ4v) is 7.69. The number of hydrogen-bond donors (Lipinski definition) is 2. The predicted molar refractivity (Wildman–Crippen MR) is 206 cm³/mol. The van der Waals surface area contributed by atoms with E-state index in [-0.39, 0.29) is 5.91 Å². The number of aliphatic carboxylic acids is 1. The SMILES string of the molecule is CSCCC(NC(=O)c1ccc(CSCc2cn(C(c3ccccc3)(c3ccccc3)c3ccccc3)cn2)cc1-c1ccccc1)C(=O)O. The van der Waals surface area contributed by atoms with E-state index in [1.165, 1.54) is 0 Å². The second kappa shape index (κ2) is 16.6. The first-order valence-corrected chi connectivity index (χ1v) is 19.0. The molecule has 1 atom stereocenters. The lowest BCUT2D eigenvalue weighted by molar-refractivity contribution is -0.139. The van der Waals surface area contributed by atoms with E-state index in [4.69, 9.17) is 4.98 Å². The van der Waals surface area contributed by atoms with Gasteiger partial charge in [0.25, 0.3) is 5.91 Å². The summed E-state index contributed by atoms with van der Waals surface area (Å²) >= 11 is 3.31. The van der Waals surface area contributed by atoms with Gasteiger partial charge in [-0.15, -0.1) is 0 Å². The Morgan fingerprint density at radius 3 is 1.88 bits per heavy atom. The van der Waals surface area contributed by atoms with Gasteiger partial charge in [-0.2, -0.15) is 23.5 Å². The number of imidazole rings is 1. The molecule has 252 valence electrons. The van der Waals surface area contributed by atoms with E-state index in [0.29, 0.717) is 29.2 Å². The zero-order valence-electron chi connectivity index (χ0n) is 27.8. The number of rotatable bonds is 15. The van der Waals surface area contributed by atoms with Gasteiger partial charge in [0.15, 0.2) is 0 Å². The predicted octanol–water partition coefficient (Wildman–Crippen LogP) is 8.76. The number of nitrogens with zero attached hydrogens (tertiary/aromatic N) is 2. The molecule has 0 aliphatic heterocycles. The van der Waals surface area contributed by atoms with Gasteiger partial charge in [-0.05, 0) is 63.9 Å². The fourth-order valence-electron chi connectivity index (χ4n) is 6.35. The highest BCUT2D eigenvalue weighted by Crippen LogP contribution is 2.41. The molecule has 0 saturated carbocycles. The minimum absolute atomic E-state index is 0.358. The van der Waals surface area contributed by atoms with Crippen LogP contribution in [0.4, 0.5) is 0 Å². The first kappa shape index (κ1) is 34.8. The lowest BCUT2D eigenvalue weighted by atomic mass is 9.77. The Hall–Kier alpha value is -5.05. The van der Waals surface area contributed by atoms with Crippen molar-refractivity contribution in [2.75, 3.05) is 12.0 Å². The number of nitrogens with one attached hydrogen (secondary N) is 1. The molecule has 6 rings (SSSR count). The molecular weight excluding hydrogens is 659 g/mol. The van der Waals surface area contributed by atoms with Crippen molar-refractivity contribution in [1.29, 1.82) is 0 Å². The third-order valence-electron chi connectivity index (χ3n) is 8.74. The smallest absolute Gasteiger partial charge is 0.326 e. The average molecular weight is 698 g/mol. The third kappa shape index (κ3) is 7.72. The number of carboxylic acid groups (broad SMARTS) is 1. The van der Waals surface area contributed by atoms with E-state index in [0.717, 1.165) is 39.1 Å². The molecule has 1 unspecified atom stereocenters. The summed E-state index contributed by atoms with van der Waals surface area (Å²) in [4.78, 5) is 30.2. The molecule has 1 heterocycles. The molecule has 0 fully saturated rings. The quantitative estimate of drug-likeness (QED) is 0.104. The summed E-state index contributed by atoms with van der Waals surface area (Å²) in [5.74, 6) is 0.628. The fraction of sp³-hybridized carbons (Fsp3) is 0.167. The van der Waals surface area contributed by atoms with Crippen LogP contribution >= 0.6 is 23.5 Å². The van der Waals surface area contributed by atoms with Gasteiger partial charge < -0.3 is 15.0 Å². The topological polar surface area (TPSA) is 84.2 Å². The second-order valence-electron chi connectivity index (χ2n) is 12.0. The van der Waals surface area contributed by atoms with Crippen LogP contribution in [0, 0.1) is 0 Å². The van der Waals surface area contributed by atoms with Crippen molar-refractivity contribution < 1.29 is 14.7 Å². The van der Waals surface area contributed by atoms with Gasteiger partial charge in [0.05, 0.1) is 12.0 Å². The zero-order valence-corrected chi connectivity index (χ0v) is 29.4. The Balaban J connectivity index is 1.26. The van der Waals surface area contributed by atoms with E-state index in [9.17, 15) is 14.7 Å². The Morgan fingerprint density at radius 2 is 1.34 bits per heavy atom. The van der Waals surface area contributed by atoms with Gasteiger partial charge in [0.2, 0.25) is 0 Å². The van der Waals surface area contributed by atoms with Crippen LogP contribution in [0.5, 0.6) is 0 Å². The number of thioether (sulfide) groups is 2. The monoisotopic (exact) mass is 697 g/mol. The van der Waals surface area contributed by atoms with Crippen LogP contribution in [0.25, 0.3) is 11.1 Å². The van der Waals surface area contributed by atoms with Crippen molar-refractivity contribution in [3.63, 3.8) is 0 Å². The van der Waals surface area contributed by atoms with Gasteiger partial charge in [-0.1, -0.05) is 127 Å². The Bertz CT molecular complexity index is 1910. The van der Waals surface area contributed by atoms with E-state index in [1.807, 2.05) is 79.3 Å². The van der Waals surface area contributed by atoms with Crippen LogP contribution in [-0.2, 0) is 21.8 Å². The number of aromatic nitrogens is 2. The van der Waals surface area contributed by atoms with Crippen LogP contribution in [0.2, 0.25) is 0 Å². The standard InChI is InChI=1S/C42H39N3O3S2/c1-49-25-24-39(41(47)48)44-40(46)37-23-22-31(26-38(37)32-14-6-2-7-15-32)28-50-29-36-27-45(30-43-36)42(33-16-8-3-9-17-33,34-18-10-4-11-19-34)35-20-12-5-13-21-35/h2-23,26-27,30,39H,24-25,28-29H2,1H3,(H,44,46)(H,47,48). The molecule has 1 amide bonds. The van der Waals surface area contributed by atoms with Crippen LogP contribution in [0.1, 0.15) is 44.7 Å². The summed E-state index contributed by atoms with van der Waals surface area (Å²) in [6.45, 7) is 0. The highest BCUT2D eigenvalue weighted by molar-refractivity contribution is 7.98. The van der Waals surface area contributed by atoms with Crippen molar-refractivity contribution >= 4 is 35.4 Å². The number of hydrogen-bond acceptors (Lipinski definition) is 5. The van der Waals surface area contributed by atoms with Crippen LogP contribution < -0.4 is 5.32 Å². The van der Waals surface area contributed by atoms with Crippen molar-refractivity contribution in [2.45, 2.75) is 29.5 Å². The summed E-state index contributed by atoms with van der Waals surface area (Å²) in [5.41, 5.74) is 6.98. The van der Waals surface area contributed by atoms with Gasteiger partial charge in [0, 0.05) is 23.3 Å². The first-order chi connectivity index (χ1) is 24.5. The zero-order chi connectivity index (χ0) is 34.8. The molecule has 6 nitrogen and oxygen atoms in total. The summed E-state index contributed by atoms with van der Waals surface area (Å²) in [6.07, 6.45) is 6.37. The minimum atomic E-state index is -1.03. The van der Waals surface area contributed by atoms with Crippen molar-refractivity contribution in [1.82, 2.24) is 14.9 Å². The number of carboxylic acids is 1. The maximum atomic E-state index is 13.4. The Labute approximate surface area is 302 Å². The van der Waals surface area contributed by atoms with Gasteiger partial charge in [-0.25, -0.2) is 9.78 Å². The molecule has 0 aliphatic carbocycles. The minimum Gasteiger partial charge on any atom is -0.480 e. The summed E-state index contributed by atoms with van der Waals surface area (Å²) in [6, 6.07) is 46.3. The Morgan fingerprint density at radius 1 is 0.780 bits per heavy atom. The third-order valence-corrected chi connectivity index (χ3v) is 10.4. The van der Waals surface area contributed by atoms with E-state index in [1.54, 1.807) is 23.5 Å². The normalized spacial score (nSPS) is 11.9. The molecular formula is C42H39N3O3S2. The summed E-state index contributed by atoms with van der Waals surface area (Å²) < 4.78 is 2.23. The van der Waals surface area contributed by atoms with Crippen molar-refractivity contribution in [2.24, 2.45) is 0 Å². The number of carbonyl (C=O) groups excluding carboxylic acids is 1. The average Bonchev–Trinajstić information content (AvgIpc) is 3.64. The van der Waals surface area contributed by atoms with E-state index in [2.05, 4.69) is 88.9 Å². The molecule has 1 aromatic heterocycles. The summed E-state index contributed by atoms with van der Waals surface area (Å²) in [5, 5.41) is 12.4. The van der Waals surface area contributed by atoms with Gasteiger partial charge >= 0.3 is 5.97 Å². The van der Waals surface area contributed by atoms with Crippen molar-refractivity contribution in [3.05, 3.63) is 186 Å². The highest BCUT2D eigenvalue weighted by Gasteiger charge is 2.38. The number of benzene rings is 5. The largest absolute Gasteiger partial charge is 0.480 e. The van der Waals surface area contributed by atoms with E-state index >= 15 is 0 Å². The first-order valence-electron chi connectivity index (χ1n) is 16.5. The van der Waals surface area contributed by atoms with Crippen LogP contribution in [0.3, 0.4) is 0 Å². The molecule has 0 aliphatic rings. The molecule has 5 aromatic carbocycles. The molecule has 0 radical (unpaired) electrons. The van der Waals surface area contributed by atoms with E-state index < -0.39 is 17.6 Å². The molecule has 0 saturated heterocycles. The van der Waals surface area contributed by atoms with Crippen LogP contribution in [-0.4, -0.2) is 44.6 Å². The maximum absolute atomic E-state index is 13.4. The number of amides is 1. The lowest BCUT2D eigenvalue weighted by Gasteiger charge is -2.37. The highest BCUT2D eigenvalue weighted by atomic mass is 32.2. The lowest BCUT2D eigenvalue weighted by Crippen LogP contribution is -2.41. The van der Waals surface area contributed by atoms with Crippen LogP contribution in [0.15, 0.2) is 152 Å². The molecule has 2 N–H and O–H groups in total. The van der Waals surface area contributed by atoms with Crippen molar-refractivity contribution in [3.8, 4) is 11.1 Å². The molecule has 0 bridgehead atoms. The molecule has 6 aromatic rings.